The molecule has 0 saturated heterocycles. The van der Waals surface area contributed by atoms with Crippen LogP contribution in [0.25, 0.3) is 5.65 Å². The summed E-state index contributed by atoms with van der Waals surface area (Å²) < 4.78 is 15.6. The van der Waals surface area contributed by atoms with Crippen molar-refractivity contribution in [3.05, 3.63) is 42.2 Å². The molecule has 3 heterocycles. The number of hydrogen-bond acceptors (Lipinski definition) is 7. The maximum absolute atomic E-state index is 14.1. The van der Waals surface area contributed by atoms with Crippen LogP contribution in [0, 0.1) is 11.7 Å². The molecule has 11 heteroatoms. The average molecular weight is 549 g/mol. The molecule has 3 aromatic rings. The van der Waals surface area contributed by atoms with Crippen molar-refractivity contribution in [2.75, 3.05) is 16.0 Å². The van der Waals surface area contributed by atoms with Gasteiger partial charge in [0.2, 0.25) is 5.91 Å². The molecule has 0 atom stereocenters. The van der Waals surface area contributed by atoms with E-state index in [1.165, 1.54) is 42.2 Å². The number of nitrogens with zero attached hydrogens (tertiary/aromatic N) is 4. The van der Waals surface area contributed by atoms with Crippen molar-refractivity contribution < 1.29 is 14.0 Å². The molecule has 3 aliphatic rings. The standard InChI is InChI=1S/C29H37FN8O2/c30-22-16-31-13-12-23(22)36-29(40)25-17-32-28-24(33-20-10-11-20)15-26(37-38(25)28)34-21-8-6-18(7-9-21)14-27(39)35-19-4-2-1-3-5-19/h12-13,15-21,33H,1-11,14H2,(H,34,37)(H,35,39)(H,31,36,40). The van der Waals surface area contributed by atoms with Crippen LogP contribution in [0.2, 0.25) is 0 Å². The third kappa shape index (κ3) is 6.34. The molecule has 3 aromatic heterocycles. The van der Waals surface area contributed by atoms with E-state index < -0.39 is 11.7 Å². The largest absolute Gasteiger partial charge is 0.379 e. The number of pyridine rings is 1. The Kier molecular flexibility index (Phi) is 7.79. The minimum Gasteiger partial charge on any atom is -0.379 e. The van der Waals surface area contributed by atoms with Crippen LogP contribution in [0.3, 0.4) is 0 Å². The number of hydrogen-bond donors (Lipinski definition) is 4. The van der Waals surface area contributed by atoms with Gasteiger partial charge in [-0.25, -0.2) is 13.9 Å². The minimum absolute atomic E-state index is 0.0461. The lowest BCUT2D eigenvalue weighted by atomic mass is 9.83. The first-order valence-electron chi connectivity index (χ1n) is 14.6. The van der Waals surface area contributed by atoms with Crippen molar-refractivity contribution in [3.63, 3.8) is 0 Å². The second-order valence-electron chi connectivity index (χ2n) is 11.5. The quantitative estimate of drug-likeness (QED) is 0.300. The van der Waals surface area contributed by atoms with E-state index >= 15 is 0 Å². The monoisotopic (exact) mass is 548 g/mol. The summed E-state index contributed by atoms with van der Waals surface area (Å²) in [6.07, 6.45) is 16.5. The second-order valence-corrected chi connectivity index (χ2v) is 11.5. The third-order valence-corrected chi connectivity index (χ3v) is 8.30. The van der Waals surface area contributed by atoms with Gasteiger partial charge in [-0.3, -0.25) is 14.6 Å². The SMILES string of the molecule is O=C(CC1CCC(Nc2cc(NC3CC3)c3ncc(C(=O)Nc4ccncc4F)n3n2)CC1)NC1CCCCC1. The van der Waals surface area contributed by atoms with Gasteiger partial charge in [-0.15, -0.1) is 5.10 Å². The molecule has 0 unspecified atom stereocenters. The fourth-order valence-electron chi connectivity index (χ4n) is 5.93. The summed E-state index contributed by atoms with van der Waals surface area (Å²) in [5.41, 5.74) is 1.61. The molecule has 10 nitrogen and oxygen atoms in total. The van der Waals surface area contributed by atoms with Gasteiger partial charge in [-0.1, -0.05) is 19.3 Å². The van der Waals surface area contributed by atoms with Gasteiger partial charge in [-0.2, -0.15) is 0 Å². The first kappa shape index (κ1) is 26.5. The number of anilines is 3. The fraction of sp³-hybridized carbons (Fsp3) is 0.552. The van der Waals surface area contributed by atoms with Gasteiger partial charge >= 0.3 is 0 Å². The van der Waals surface area contributed by atoms with E-state index in [1.807, 2.05) is 6.07 Å². The van der Waals surface area contributed by atoms with Gasteiger partial charge < -0.3 is 21.3 Å². The predicted molar refractivity (Wildman–Crippen MR) is 151 cm³/mol. The molecule has 0 radical (unpaired) electrons. The molecule has 3 fully saturated rings. The molecule has 0 bridgehead atoms. The first-order valence-corrected chi connectivity index (χ1v) is 14.6. The molecule has 3 aliphatic carbocycles. The summed E-state index contributed by atoms with van der Waals surface area (Å²) in [7, 11) is 0. The Bertz CT molecular complexity index is 1360. The van der Waals surface area contributed by atoms with Crippen molar-refractivity contribution >= 4 is 34.7 Å². The number of amides is 2. The van der Waals surface area contributed by atoms with E-state index in [-0.39, 0.29) is 23.3 Å². The highest BCUT2D eigenvalue weighted by molar-refractivity contribution is 6.03. The van der Waals surface area contributed by atoms with Crippen molar-refractivity contribution in [1.82, 2.24) is 24.9 Å². The van der Waals surface area contributed by atoms with Gasteiger partial charge in [0, 0.05) is 36.8 Å². The summed E-state index contributed by atoms with van der Waals surface area (Å²) in [6.45, 7) is 0. The first-order chi connectivity index (χ1) is 19.5. The summed E-state index contributed by atoms with van der Waals surface area (Å²) >= 11 is 0. The topological polar surface area (TPSA) is 125 Å². The van der Waals surface area contributed by atoms with E-state index in [4.69, 9.17) is 5.10 Å². The number of aromatic nitrogens is 4. The number of imidazole rings is 1. The van der Waals surface area contributed by atoms with Gasteiger partial charge in [0.15, 0.2) is 17.2 Å². The molecule has 4 N–H and O–H groups in total. The van der Waals surface area contributed by atoms with Crippen molar-refractivity contribution in [1.29, 1.82) is 0 Å². The Labute approximate surface area is 232 Å². The van der Waals surface area contributed by atoms with Crippen LogP contribution in [-0.2, 0) is 4.79 Å². The van der Waals surface area contributed by atoms with Crippen LogP contribution in [0.1, 0.15) is 87.5 Å². The molecule has 2 amide bonds. The van der Waals surface area contributed by atoms with Crippen molar-refractivity contribution in [3.8, 4) is 0 Å². The van der Waals surface area contributed by atoms with Gasteiger partial charge in [-0.05, 0) is 63.4 Å². The van der Waals surface area contributed by atoms with Crippen molar-refractivity contribution in [2.24, 2.45) is 5.92 Å². The molecule has 0 spiro atoms. The second kappa shape index (κ2) is 11.8. The number of carbonyl (C=O) groups excluding carboxylic acids is 2. The highest BCUT2D eigenvalue weighted by Crippen LogP contribution is 2.32. The Morgan fingerprint density at radius 2 is 1.65 bits per heavy atom. The molecule has 0 aromatic carbocycles. The maximum atomic E-state index is 14.1. The number of carbonyl (C=O) groups is 2. The van der Waals surface area contributed by atoms with E-state index in [9.17, 15) is 14.0 Å². The third-order valence-electron chi connectivity index (χ3n) is 8.30. The zero-order valence-electron chi connectivity index (χ0n) is 22.7. The Balaban J connectivity index is 1.11. The molecule has 6 rings (SSSR count). The van der Waals surface area contributed by atoms with E-state index in [2.05, 4.69) is 31.2 Å². The van der Waals surface area contributed by atoms with Crippen LogP contribution in [0.15, 0.2) is 30.7 Å². The minimum atomic E-state index is -0.613. The number of nitrogens with one attached hydrogen (secondary N) is 4. The van der Waals surface area contributed by atoms with Crippen LogP contribution < -0.4 is 21.3 Å². The molecular formula is C29H37FN8O2. The predicted octanol–water partition coefficient (Wildman–Crippen LogP) is 4.90. The normalized spacial score (nSPS) is 21.6. The smallest absolute Gasteiger partial charge is 0.276 e. The Hall–Kier alpha value is -3.76. The summed E-state index contributed by atoms with van der Waals surface area (Å²) in [6, 6.07) is 4.33. The average Bonchev–Trinajstić information content (AvgIpc) is 3.66. The molecule has 0 aliphatic heterocycles. The highest BCUT2D eigenvalue weighted by Gasteiger charge is 2.27. The van der Waals surface area contributed by atoms with E-state index in [0.717, 1.165) is 63.3 Å². The van der Waals surface area contributed by atoms with Gasteiger partial charge in [0.1, 0.15) is 5.82 Å². The molecule has 40 heavy (non-hydrogen) atoms. The maximum Gasteiger partial charge on any atom is 0.276 e. The molecule has 212 valence electrons. The highest BCUT2D eigenvalue weighted by atomic mass is 19.1. The van der Waals surface area contributed by atoms with E-state index in [1.54, 1.807) is 0 Å². The van der Waals surface area contributed by atoms with Gasteiger partial charge in [0.25, 0.3) is 5.91 Å². The zero-order chi connectivity index (χ0) is 27.5. The van der Waals surface area contributed by atoms with Crippen LogP contribution in [-0.4, -0.2) is 49.5 Å². The van der Waals surface area contributed by atoms with Gasteiger partial charge in [0.05, 0.1) is 23.8 Å². The Morgan fingerprint density at radius 1 is 0.900 bits per heavy atom. The summed E-state index contributed by atoms with van der Waals surface area (Å²) in [5, 5.41) is 17.6. The lowest BCUT2D eigenvalue weighted by Crippen LogP contribution is -2.37. The number of rotatable bonds is 9. The summed E-state index contributed by atoms with van der Waals surface area (Å²) in [5.74, 6) is 0.131. The fourth-order valence-corrected chi connectivity index (χ4v) is 5.93. The van der Waals surface area contributed by atoms with Crippen LogP contribution in [0.4, 0.5) is 21.6 Å². The number of fused-ring (bicyclic) bond motifs is 1. The molecular weight excluding hydrogens is 511 g/mol. The Morgan fingerprint density at radius 3 is 2.40 bits per heavy atom. The van der Waals surface area contributed by atoms with E-state index in [0.29, 0.717) is 35.9 Å². The van der Waals surface area contributed by atoms with Crippen molar-refractivity contribution in [2.45, 2.75) is 95.2 Å². The molecule has 3 saturated carbocycles. The summed E-state index contributed by atoms with van der Waals surface area (Å²) in [4.78, 5) is 33.8. The zero-order valence-corrected chi connectivity index (χ0v) is 22.7. The lowest BCUT2D eigenvalue weighted by molar-refractivity contribution is -0.123. The lowest BCUT2D eigenvalue weighted by Gasteiger charge is -2.30. The van der Waals surface area contributed by atoms with Crippen LogP contribution in [0.5, 0.6) is 0 Å². The number of halogens is 1. The van der Waals surface area contributed by atoms with Crippen LogP contribution >= 0.6 is 0 Å².